The van der Waals surface area contributed by atoms with Gasteiger partial charge < -0.3 is 4.74 Å². The highest BCUT2D eigenvalue weighted by molar-refractivity contribution is 9.11. The summed E-state index contributed by atoms with van der Waals surface area (Å²) in [6.07, 6.45) is 0.380. The number of carbonyl (C=O) groups excluding carboxylic acids is 1. The predicted molar refractivity (Wildman–Crippen MR) is 61.7 cm³/mol. The Morgan fingerprint density at radius 1 is 1.50 bits per heavy atom. The minimum Gasteiger partial charge on any atom is -0.464 e. The zero-order chi connectivity index (χ0) is 11.8. The molecule has 88 valence electrons. The van der Waals surface area contributed by atoms with Crippen molar-refractivity contribution in [2.75, 3.05) is 6.61 Å². The van der Waals surface area contributed by atoms with Gasteiger partial charge in [-0.25, -0.2) is 8.42 Å². The first-order valence-corrected chi connectivity index (χ1v) is 7.52. The first kappa shape index (κ1) is 12.0. The molecule has 8 heteroatoms. The first-order valence-electron chi connectivity index (χ1n) is 4.43. The van der Waals surface area contributed by atoms with Crippen molar-refractivity contribution in [1.29, 1.82) is 0 Å². The second-order valence-electron chi connectivity index (χ2n) is 3.19. The first-order chi connectivity index (χ1) is 7.49. The van der Waals surface area contributed by atoms with E-state index in [0.29, 0.717) is 6.42 Å². The minimum atomic E-state index is -3.62. The fourth-order valence-corrected chi connectivity index (χ4v) is 4.54. The summed E-state index contributed by atoms with van der Waals surface area (Å²) in [6.45, 7) is 0.264. The molecule has 1 N–H and O–H groups in total. The molecule has 0 spiro atoms. The Labute approximate surface area is 105 Å². The van der Waals surface area contributed by atoms with Crippen molar-refractivity contribution in [2.45, 2.75) is 16.7 Å². The second kappa shape index (κ2) is 4.44. The molecule has 1 fully saturated rings. The largest absolute Gasteiger partial charge is 0.464 e. The number of rotatable bonds is 3. The lowest BCUT2D eigenvalue weighted by Gasteiger charge is -2.07. The highest BCUT2D eigenvalue weighted by Gasteiger charge is 2.31. The van der Waals surface area contributed by atoms with E-state index in [1.165, 1.54) is 6.07 Å². The van der Waals surface area contributed by atoms with Crippen molar-refractivity contribution in [2.24, 2.45) is 0 Å². The van der Waals surface area contributed by atoms with Gasteiger partial charge in [0.1, 0.15) is 10.3 Å². The van der Waals surface area contributed by atoms with Gasteiger partial charge in [-0.15, -0.1) is 11.3 Å². The third kappa shape index (κ3) is 2.45. The van der Waals surface area contributed by atoms with Crippen LogP contribution in [-0.4, -0.2) is 27.0 Å². The van der Waals surface area contributed by atoms with E-state index in [1.807, 2.05) is 0 Å². The lowest BCUT2D eigenvalue weighted by molar-refractivity contribution is -0.139. The van der Waals surface area contributed by atoms with Crippen LogP contribution >= 0.6 is 27.3 Å². The number of halogens is 1. The van der Waals surface area contributed by atoms with Crippen molar-refractivity contribution in [3.8, 4) is 0 Å². The zero-order valence-electron chi connectivity index (χ0n) is 7.97. The molecule has 1 saturated heterocycles. The monoisotopic (exact) mass is 325 g/mol. The van der Waals surface area contributed by atoms with Gasteiger partial charge in [0.15, 0.2) is 0 Å². The maximum Gasteiger partial charge on any atom is 0.324 e. The molecular formula is C8H8BrNO4S2. The van der Waals surface area contributed by atoms with Crippen LogP contribution in [0.3, 0.4) is 0 Å². The van der Waals surface area contributed by atoms with Crippen molar-refractivity contribution >= 4 is 43.3 Å². The highest BCUT2D eigenvalue weighted by atomic mass is 79.9. The van der Waals surface area contributed by atoms with Gasteiger partial charge in [0, 0.05) is 6.42 Å². The Hall–Kier alpha value is -0.440. The number of hydrogen-bond acceptors (Lipinski definition) is 5. The Balaban J connectivity index is 2.17. The van der Waals surface area contributed by atoms with E-state index in [2.05, 4.69) is 25.4 Å². The molecule has 0 saturated carbocycles. The molecule has 1 aromatic rings. The predicted octanol–water partition coefficient (Wildman–Crippen LogP) is 1.10. The Kier molecular flexibility index (Phi) is 3.34. The van der Waals surface area contributed by atoms with Crippen molar-refractivity contribution in [3.63, 3.8) is 0 Å². The van der Waals surface area contributed by atoms with Crippen molar-refractivity contribution in [3.05, 3.63) is 15.9 Å². The van der Waals surface area contributed by atoms with Crippen LogP contribution in [0.15, 0.2) is 20.1 Å². The fourth-order valence-electron chi connectivity index (χ4n) is 1.29. The minimum absolute atomic E-state index is 0.180. The summed E-state index contributed by atoms with van der Waals surface area (Å²) in [4.78, 5) is 11.1. The average molecular weight is 326 g/mol. The maximum atomic E-state index is 11.8. The molecule has 1 aromatic heterocycles. The van der Waals surface area contributed by atoms with Crippen LogP contribution in [0.2, 0.25) is 0 Å². The molecule has 1 atom stereocenters. The molecule has 0 bridgehead atoms. The van der Waals surface area contributed by atoms with E-state index in [0.717, 1.165) is 15.1 Å². The van der Waals surface area contributed by atoms with Gasteiger partial charge in [0.25, 0.3) is 10.0 Å². The summed E-state index contributed by atoms with van der Waals surface area (Å²) < 4.78 is 31.5. The smallest absolute Gasteiger partial charge is 0.324 e. The van der Waals surface area contributed by atoms with E-state index in [-0.39, 0.29) is 10.8 Å². The van der Waals surface area contributed by atoms with E-state index in [4.69, 9.17) is 0 Å². The van der Waals surface area contributed by atoms with Gasteiger partial charge in [-0.3, -0.25) is 4.79 Å². The zero-order valence-corrected chi connectivity index (χ0v) is 11.2. The lowest BCUT2D eigenvalue weighted by Crippen LogP contribution is -2.37. The highest BCUT2D eigenvalue weighted by Crippen LogP contribution is 2.26. The number of nitrogens with one attached hydrogen (secondary N) is 1. The number of sulfonamides is 1. The number of esters is 1. The Morgan fingerprint density at radius 2 is 2.25 bits per heavy atom. The standard InChI is InChI=1S/C8H8BrNO4S2/c9-6-1-2-7(15-6)16(12,13)10-5-3-4-14-8(5)11/h1-2,5,10H,3-4H2. The Bertz CT molecular complexity index is 510. The summed E-state index contributed by atoms with van der Waals surface area (Å²) in [6, 6.07) is 2.37. The summed E-state index contributed by atoms with van der Waals surface area (Å²) in [7, 11) is -3.62. The summed E-state index contributed by atoms with van der Waals surface area (Å²) in [5, 5.41) is 0. The summed E-state index contributed by atoms with van der Waals surface area (Å²) >= 11 is 4.28. The molecule has 5 nitrogen and oxygen atoms in total. The molecule has 0 aromatic carbocycles. The molecule has 0 amide bonds. The molecule has 2 rings (SSSR count). The summed E-state index contributed by atoms with van der Waals surface area (Å²) in [5.41, 5.74) is 0. The van der Waals surface area contributed by atoms with Gasteiger partial charge in [0.05, 0.1) is 10.4 Å². The van der Waals surface area contributed by atoms with Crippen LogP contribution < -0.4 is 4.72 Å². The van der Waals surface area contributed by atoms with Gasteiger partial charge >= 0.3 is 5.97 Å². The van der Waals surface area contributed by atoms with Gasteiger partial charge in [-0.1, -0.05) is 0 Å². The molecule has 1 unspecified atom stereocenters. The third-order valence-electron chi connectivity index (χ3n) is 2.05. The van der Waals surface area contributed by atoms with Crippen molar-refractivity contribution < 1.29 is 17.9 Å². The van der Waals surface area contributed by atoms with E-state index in [9.17, 15) is 13.2 Å². The number of carbonyl (C=O) groups is 1. The van der Waals surface area contributed by atoms with Crippen LogP contribution in [0.1, 0.15) is 6.42 Å². The number of thiophene rings is 1. The van der Waals surface area contributed by atoms with Crippen LogP contribution in [-0.2, 0) is 19.6 Å². The lowest BCUT2D eigenvalue weighted by atomic mass is 10.3. The molecule has 1 aliphatic rings. The number of hydrogen-bond donors (Lipinski definition) is 1. The topological polar surface area (TPSA) is 72.5 Å². The normalized spacial score (nSPS) is 21.1. The second-order valence-corrected chi connectivity index (χ2v) is 7.59. The van der Waals surface area contributed by atoms with E-state index < -0.39 is 22.0 Å². The maximum absolute atomic E-state index is 11.8. The van der Waals surface area contributed by atoms with Gasteiger partial charge in [-0.05, 0) is 28.1 Å². The molecule has 1 aliphatic heterocycles. The van der Waals surface area contributed by atoms with Gasteiger partial charge in [0.2, 0.25) is 0 Å². The van der Waals surface area contributed by atoms with Crippen LogP contribution in [0.25, 0.3) is 0 Å². The molecule has 16 heavy (non-hydrogen) atoms. The van der Waals surface area contributed by atoms with Crippen LogP contribution in [0, 0.1) is 0 Å². The van der Waals surface area contributed by atoms with Crippen LogP contribution in [0.5, 0.6) is 0 Å². The SMILES string of the molecule is O=C1OCCC1NS(=O)(=O)c1ccc(Br)s1. The molecule has 0 radical (unpaired) electrons. The van der Waals surface area contributed by atoms with Gasteiger partial charge in [-0.2, -0.15) is 4.72 Å². The summed E-state index contributed by atoms with van der Waals surface area (Å²) in [5.74, 6) is -0.515. The van der Waals surface area contributed by atoms with Crippen molar-refractivity contribution in [1.82, 2.24) is 4.72 Å². The molecule has 2 heterocycles. The number of cyclic esters (lactones) is 1. The third-order valence-corrected chi connectivity index (χ3v) is 5.63. The molecule has 0 aliphatic carbocycles. The van der Waals surface area contributed by atoms with E-state index >= 15 is 0 Å². The quantitative estimate of drug-likeness (QED) is 0.845. The van der Waals surface area contributed by atoms with Crippen LogP contribution in [0.4, 0.5) is 0 Å². The number of ether oxygens (including phenoxy) is 1. The fraction of sp³-hybridized carbons (Fsp3) is 0.375. The average Bonchev–Trinajstić information content (AvgIpc) is 2.77. The Morgan fingerprint density at radius 3 is 2.75 bits per heavy atom. The molecular weight excluding hydrogens is 318 g/mol. The van der Waals surface area contributed by atoms with E-state index in [1.54, 1.807) is 6.07 Å².